The minimum absolute atomic E-state index is 0.0275. The highest BCUT2D eigenvalue weighted by atomic mass is 32.1. The van der Waals surface area contributed by atoms with Crippen LogP contribution >= 0.6 is 11.3 Å². The first-order chi connectivity index (χ1) is 10.2. The van der Waals surface area contributed by atoms with E-state index >= 15 is 0 Å². The van der Waals surface area contributed by atoms with Gasteiger partial charge in [0.05, 0.1) is 12.7 Å². The van der Waals surface area contributed by atoms with Crippen LogP contribution in [-0.2, 0) is 16.0 Å². The third kappa shape index (κ3) is 3.61. The van der Waals surface area contributed by atoms with E-state index in [1.165, 1.54) is 15.6 Å². The lowest BCUT2D eigenvalue weighted by molar-refractivity contribution is -0.135. The standard InChI is InChI=1S/C16H19NO3S/c18-14-3-6-17(10-14)16(19)11-20-7-4-12-1-2-13-5-8-21-15(13)9-12/h1-2,5,8-9,14,18H,3-4,6-7,10-11H2. The van der Waals surface area contributed by atoms with Crippen molar-refractivity contribution in [1.29, 1.82) is 0 Å². The first-order valence-corrected chi connectivity index (χ1v) is 8.10. The van der Waals surface area contributed by atoms with E-state index in [9.17, 15) is 9.90 Å². The predicted molar refractivity (Wildman–Crippen MR) is 83.6 cm³/mol. The fourth-order valence-electron chi connectivity index (χ4n) is 2.56. The summed E-state index contributed by atoms with van der Waals surface area (Å²) in [7, 11) is 0. The van der Waals surface area contributed by atoms with Crippen LogP contribution in [0.4, 0.5) is 0 Å². The molecule has 1 amide bonds. The van der Waals surface area contributed by atoms with E-state index in [1.807, 2.05) is 0 Å². The molecule has 1 aliphatic heterocycles. The van der Waals surface area contributed by atoms with Gasteiger partial charge in [0.2, 0.25) is 5.91 Å². The Bertz CT molecular complexity index is 625. The smallest absolute Gasteiger partial charge is 0.248 e. The number of rotatable bonds is 5. The monoisotopic (exact) mass is 305 g/mol. The molecule has 112 valence electrons. The second-order valence-corrected chi connectivity index (χ2v) is 6.33. The average Bonchev–Trinajstić information content (AvgIpc) is 3.11. The highest BCUT2D eigenvalue weighted by molar-refractivity contribution is 7.17. The Morgan fingerprint density at radius 1 is 1.43 bits per heavy atom. The molecule has 0 spiro atoms. The van der Waals surface area contributed by atoms with Gasteiger partial charge in [-0.3, -0.25) is 4.79 Å². The number of carbonyl (C=O) groups excluding carboxylic acids is 1. The SMILES string of the molecule is O=C(COCCc1ccc2ccsc2c1)N1CCC(O)C1. The number of ether oxygens (including phenoxy) is 1. The van der Waals surface area contributed by atoms with Crippen molar-refractivity contribution < 1.29 is 14.6 Å². The molecule has 1 fully saturated rings. The number of thiophene rings is 1. The number of amides is 1. The van der Waals surface area contributed by atoms with E-state index in [4.69, 9.17) is 4.74 Å². The third-order valence-corrected chi connectivity index (χ3v) is 4.68. The summed E-state index contributed by atoms with van der Waals surface area (Å²) in [6.07, 6.45) is 1.11. The van der Waals surface area contributed by atoms with Crippen molar-refractivity contribution in [1.82, 2.24) is 4.90 Å². The first-order valence-electron chi connectivity index (χ1n) is 7.22. The summed E-state index contributed by atoms with van der Waals surface area (Å²) in [4.78, 5) is 13.5. The summed E-state index contributed by atoms with van der Waals surface area (Å²) < 4.78 is 6.76. The maximum atomic E-state index is 11.8. The van der Waals surface area contributed by atoms with Gasteiger partial charge in [0.15, 0.2) is 0 Å². The van der Waals surface area contributed by atoms with Crippen LogP contribution in [0.1, 0.15) is 12.0 Å². The lowest BCUT2D eigenvalue weighted by atomic mass is 10.1. The van der Waals surface area contributed by atoms with Crippen LogP contribution < -0.4 is 0 Å². The summed E-state index contributed by atoms with van der Waals surface area (Å²) in [6, 6.07) is 8.53. The molecule has 1 aromatic heterocycles. The van der Waals surface area contributed by atoms with Crippen molar-refractivity contribution in [3.05, 3.63) is 35.2 Å². The third-order valence-electron chi connectivity index (χ3n) is 3.80. The molecule has 1 N–H and O–H groups in total. The normalized spacial score (nSPS) is 18.5. The van der Waals surface area contributed by atoms with Gasteiger partial charge in [-0.2, -0.15) is 0 Å². The zero-order valence-electron chi connectivity index (χ0n) is 11.8. The highest BCUT2D eigenvalue weighted by Crippen LogP contribution is 2.22. The van der Waals surface area contributed by atoms with Gasteiger partial charge >= 0.3 is 0 Å². The quantitative estimate of drug-likeness (QED) is 0.860. The number of benzene rings is 1. The van der Waals surface area contributed by atoms with Crippen LogP contribution in [0, 0.1) is 0 Å². The number of fused-ring (bicyclic) bond motifs is 1. The average molecular weight is 305 g/mol. The second kappa shape index (κ2) is 6.56. The number of aliphatic hydroxyl groups is 1. The van der Waals surface area contributed by atoms with E-state index in [2.05, 4.69) is 29.6 Å². The molecule has 1 aliphatic rings. The molecular formula is C16H19NO3S. The number of hydrogen-bond acceptors (Lipinski definition) is 4. The highest BCUT2D eigenvalue weighted by Gasteiger charge is 2.24. The van der Waals surface area contributed by atoms with Crippen molar-refractivity contribution in [2.75, 3.05) is 26.3 Å². The summed E-state index contributed by atoms with van der Waals surface area (Å²) in [5.41, 5.74) is 1.23. The van der Waals surface area contributed by atoms with Crippen molar-refractivity contribution in [2.45, 2.75) is 18.9 Å². The van der Waals surface area contributed by atoms with Crippen LogP contribution in [0.5, 0.6) is 0 Å². The number of carbonyl (C=O) groups is 1. The number of nitrogens with zero attached hydrogens (tertiary/aromatic N) is 1. The number of likely N-dealkylation sites (tertiary alicyclic amines) is 1. The Morgan fingerprint density at radius 2 is 2.33 bits per heavy atom. The second-order valence-electron chi connectivity index (χ2n) is 5.38. The van der Waals surface area contributed by atoms with Gasteiger partial charge in [-0.05, 0) is 41.3 Å². The largest absolute Gasteiger partial charge is 0.391 e. The van der Waals surface area contributed by atoms with Crippen LogP contribution in [0.25, 0.3) is 10.1 Å². The number of aliphatic hydroxyl groups excluding tert-OH is 1. The molecule has 0 bridgehead atoms. The van der Waals surface area contributed by atoms with Gasteiger partial charge < -0.3 is 14.7 Å². The van der Waals surface area contributed by atoms with Crippen LogP contribution in [0.2, 0.25) is 0 Å². The number of β-amino-alcohol motifs (C(OH)–C–C–N with tert-alkyl or cyclic N) is 1. The molecule has 1 atom stereocenters. The number of hydrogen-bond donors (Lipinski definition) is 1. The van der Waals surface area contributed by atoms with E-state index in [0.717, 1.165) is 6.42 Å². The Morgan fingerprint density at radius 3 is 3.14 bits per heavy atom. The lowest BCUT2D eigenvalue weighted by Gasteiger charge is -2.15. The van der Waals surface area contributed by atoms with Gasteiger partial charge in [-0.1, -0.05) is 12.1 Å². The van der Waals surface area contributed by atoms with Crippen LogP contribution in [0.15, 0.2) is 29.6 Å². The summed E-state index contributed by atoms with van der Waals surface area (Å²) >= 11 is 1.74. The van der Waals surface area contributed by atoms with Gasteiger partial charge in [-0.15, -0.1) is 11.3 Å². The Kier molecular flexibility index (Phi) is 4.53. The van der Waals surface area contributed by atoms with E-state index in [1.54, 1.807) is 16.2 Å². The molecule has 1 unspecified atom stereocenters. The molecular weight excluding hydrogens is 286 g/mol. The van der Waals surface area contributed by atoms with E-state index in [-0.39, 0.29) is 18.6 Å². The molecule has 5 heteroatoms. The van der Waals surface area contributed by atoms with E-state index < -0.39 is 0 Å². The molecule has 2 heterocycles. The van der Waals surface area contributed by atoms with Crippen molar-refractivity contribution in [2.24, 2.45) is 0 Å². The molecule has 0 aliphatic carbocycles. The maximum Gasteiger partial charge on any atom is 0.248 e. The van der Waals surface area contributed by atoms with Crippen LogP contribution in [0.3, 0.4) is 0 Å². The van der Waals surface area contributed by atoms with Crippen molar-refractivity contribution in [3.63, 3.8) is 0 Å². The summed E-state index contributed by atoms with van der Waals surface area (Å²) in [5, 5.41) is 12.8. The van der Waals surface area contributed by atoms with Crippen LogP contribution in [-0.4, -0.2) is 48.3 Å². The maximum absolute atomic E-state index is 11.8. The fourth-order valence-corrected chi connectivity index (χ4v) is 3.42. The molecule has 4 nitrogen and oxygen atoms in total. The Labute approximate surface area is 127 Å². The van der Waals surface area contributed by atoms with Gasteiger partial charge in [0.1, 0.15) is 6.61 Å². The topological polar surface area (TPSA) is 49.8 Å². The van der Waals surface area contributed by atoms with Gasteiger partial charge in [0.25, 0.3) is 0 Å². The summed E-state index contributed by atoms with van der Waals surface area (Å²) in [5.74, 6) is -0.0275. The van der Waals surface area contributed by atoms with Gasteiger partial charge in [0, 0.05) is 17.8 Å². The molecule has 0 saturated carbocycles. The Balaban J connectivity index is 1.42. The molecule has 3 rings (SSSR count). The van der Waals surface area contributed by atoms with Crippen molar-refractivity contribution in [3.8, 4) is 0 Å². The minimum Gasteiger partial charge on any atom is -0.391 e. The molecule has 21 heavy (non-hydrogen) atoms. The zero-order chi connectivity index (χ0) is 14.7. The minimum atomic E-state index is -0.369. The molecule has 2 aromatic rings. The zero-order valence-corrected chi connectivity index (χ0v) is 12.6. The lowest BCUT2D eigenvalue weighted by Crippen LogP contribution is -2.32. The fraction of sp³-hybridized carbons (Fsp3) is 0.438. The van der Waals surface area contributed by atoms with Crippen molar-refractivity contribution >= 4 is 27.3 Å². The summed E-state index contributed by atoms with van der Waals surface area (Å²) in [6.45, 7) is 1.72. The molecule has 1 saturated heterocycles. The molecule has 1 aromatic carbocycles. The Hall–Kier alpha value is -1.43. The molecule has 0 radical (unpaired) electrons. The first kappa shape index (κ1) is 14.5. The predicted octanol–water partition coefficient (Wildman–Crippen LogP) is 2.05. The van der Waals surface area contributed by atoms with E-state index in [0.29, 0.717) is 26.1 Å². The van der Waals surface area contributed by atoms with Gasteiger partial charge in [-0.25, -0.2) is 0 Å².